The summed E-state index contributed by atoms with van der Waals surface area (Å²) in [6.07, 6.45) is 5.99. The van der Waals surface area contributed by atoms with Crippen molar-refractivity contribution in [3.05, 3.63) is 28.5 Å². The molecule has 1 saturated carbocycles. The molecule has 2 N–H and O–H groups in total. The van der Waals surface area contributed by atoms with Gasteiger partial charge in [-0.3, -0.25) is 4.79 Å². The third kappa shape index (κ3) is 3.53. The van der Waals surface area contributed by atoms with E-state index in [9.17, 15) is 9.90 Å². The number of halogens is 1. The molecule has 0 aliphatic heterocycles. The number of nitrogens with one attached hydrogen (secondary N) is 1. The van der Waals surface area contributed by atoms with Gasteiger partial charge in [-0.25, -0.2) is 4.98 Å². The van der Waals surface area contributed by atoms with Crippen molar-refractivity contribution >= 4 is 21.8 Å². The molecule has 4 nitrogen and oxygen atoms in total. The van der Waals surface area contributed by atoms with Crippen LogP contribution in [0.25, 0.3) is 0 Å². The van der Waals surface area contributed by atoms with Crippen LogP contribution in [0.5, 0.6) is 0 Å². The minimum absolute atomic E-state index is 0.132. The van der Waals surface area contributed by atoms with Crippen LogP contribution in [-0.4, -0.2) is 28.1 Å². The molecule has 1 heterocycles. The van der Waals surface area contributed by atoms with Gasteiger partial charge in [-0.05, 0) is 40.9 Å². The quantitative estimate of drug-likeness (QED) is 0.650. The fraction of sp³-hybridized carbons (Fsp3) is 0.538. The van der Waals surface area contributed by atoms with E-state index in [-0.39, 0.29) is 11.9 Å². The average Bonchev–Trinajstić information content (AvgIpc) is 2.55. The Morgan fingerprint density at radius 2 is 2.17 bits per heavy atom. The fourth-order valence-electron chi connectivity index (χ4n) is 2.25. The summed E-state index contributed by atoms with van der Waals surface area (Å²) >= 11 is 3.24. The number of pyridine rings is 1. The molecule has 0 aromatic carbocycles. The molecule has 0 bridgehead atoms. The van der Waals surface area contributed by atoms with Crippen LogP contribution >= 0.6 is 15.9 Å². The number of aromatic nitrogens is 1. The number of nitrogens with zero attached hydrogens (tertiary/aromatic N) is 1. The zero-order chi connectivity index (χ0) is 13.0. The second-order valence-corrected chi connectivity index (χ2v) is 5.47. The van der Waals surface area contributed by atoms with Crippen molar-refractivity contribution in [2.24, 2.45) is 0 Å². The molecule has 2 rings (SSSR count). The van der Waals surface area contributed by atoms with Crippen molar-refractivity contribution in [2.75, 3.05) is 0 Å². The van der Waals surface area contributed by atoms with E-state index in [0.717, 1.165) is 32.1 Å². The third-order valence-electron chi connectivity index (χ3n) is 3.28. The van der Waals surface area contributed by atoms with Gasteiger partial charge in [0.15, 0.2) is 0 Å². The number of hydrogen-bond donors (Lipinski definition) is 2. The Balaban J connectivity index is 2.01. The lowest BCUT2D eigenvalue weighted by atomic mass is 10.1. The van der Waals surface area contributed by atoms with Crippen molar-refractivity contribution in [2.45, 2.75) is 44.2 Å². The maximum absolute atomic E-state index is 12.1. The summed E-state index contributed by atoms with van der Waals surface area (Å²) in [6, 6.07) is 3.22. The highest BCUT2D eigenvalue weighted by Gasteiger charge is 2.23. The Labute approximate surface area is 115 Å². The van der Waals surface area contributed by atoms with E-state index >= 15 is 0 Å². The first kappa shape index (κ1) is 13.5. The van der Waals surface area contributed by atoms with Crippen LogP contribution in [-0.2, 0) is 0 Å². The number of amides is 1. The van der Waals surface area contributed by atoms with E-state index < -0.39 is 6.10 Å². The molecule has 1 amide bonds. The predicted molar refractivity (Wildman–Crippen MR) is 72.3 cm³/mol. The van der Waals surface area contributed by atoms with Gasteiger partial charge in [0.1, 0.15) is 4.60 Å². The molecule has 5 heteroatoms. The standard InChI is InChI=1S/C13H17BrN2O2/c14-12-8-9(6-7-15-12)13(18)16-10-4-2-1-3-5-11(10)17/h6-8,10-11,17H,1-5H2,(H,16,18). The number of rotatable bonds is 2. The van der Waals surface area contributed by atoms with Gasteiger partial charge in [0.2, 0.25) is 0 Å². The first-order chi connectivity index (χ1) is 8.66. The molecular weight excluding hydrogens is 296 g/mol. The van der Waals surface area contributed by atoms with E-state index in [0.29, 0.717) is 10.2 Å². The zero-order valence-electron chi connectivity index (χ0n) is 10.1. The average molecular weight is 313 g/mol. The SMILES string of the molecule is O=C(NC1CCCCCC1O)c1ccnc(Br)c1. The second kappa shape index (κ2) is 6.29. The highest BCUT2D eigenvalue weighted by molar-refractivity contribution is 9.10. The van der Waals surface area contributed by atoms with Crippen LogP contribution in [0.2, 0.25) is 0 Å². The van der Waals surface area contributed by atoms with E-state index in [1.807, 2.05) is 0 Å². The summed E-state index contributed by atoms with van der Waals surface area (Å²) in [7, 11) is 0. The molecule has 1 fully saturated rings. The first-order valence-electron chi connectivity index (χ1n) is 6.27. The molecule has 1 aliphatic rings. The molecule has 2 unspecified atom stereocenters. The lowest BCUT2D eigenvalue weighted by Gasteiger charge is -2.21. The molecule has 1 aromatic heterocycles. The highest BCUT2D eigenvalue weighted by Crippen LogP contribution is 2.18. The van der Waals surface area contributed by atoms with Crippen molar-refractivity contribution in [1.29, 1.82) is 0 Å². The van der Waals surface area contributed by atoms with Crippen LogP contribution < -0.4 is 5.32 Å². The number of hydrogen-bond acceptors (Lipinski definition) is 3. The summed E-state index contributed by atoms with van der Waals surface area (Å²) in [4.78, 5) is 16.0. The van der Waals surface area contributed by atoms with Gasteiger partial charge in [0, 0.05) is 11.8 Å². The maximum atomic E-state index is 12.1. The van der Waals surface area contributed by atoms with Crippen molar-refractivity contribution in [1.82, 2.24) is 10.3 Å². The fourth-order valence-corrected chi connectivity index (χ4v) is 2.62. The van der Waals surface area contributed by atoms with E-state index in [4.69, 9.17) is 0 Å². The summed E-state index contributed by atoms with van der Waals surface area (Å²) < 4.78 is 0.636. The molecule has 18 heavy (non-hydrogen) atoms. The van der Waals surface area contributed by atoms with Gasteiger partial charge in [-0.15, -0.1) is 0 Å². The molecule has 1 aliphatic carbocycles. The van der Waals surface area contributed by atoms with Crippen molar-refractivity contribution in [3.8, 4) is 0 Å². The van der Waals surface area contributed by atoms with Gasteiger partial charge in [0.05, 0.1) is 12.1 Å². The van der Waals surface area contributed by atoms with Gasteiger partial charge >= 0.3 is 0 Å². The van der Waals surface area contributed by atoms with Crippen molar-refractivity contribution < 1.29 is 9.90 Å². The van der Waals surface area contributed by atoms with Gasteiger partial charge < -0.3 is 10.4 Å². The second-order valence-electron chi connectivity index (χ2n) is 4.65. The first-order valence-corrected chi connectivity index (χ1v) is 7.06. The molecular formula is C13H17BrN2O2. The summed E-state index contributed by atoms with van der Waals surface area (Å²) in [5.74, 6) is -0.149. The Kier molecular flexibility index (Phi) is 4.72. The van der Waals surface area contributed by atoms with E-state index in [2.05, 4.69) is 26.2 Å². The molecule has 98 valence electrons. The third-order valence-corrected chi connectivity index (χ3v) is 3.72. The largest absolute Gasteiger partial charge is 0.391 e. The van der Waals surface area contributed by atoms with E-state index in [1.165, 1.54) is 0 Å². The minimum atomic E-state index is -0.429. The highest BCUT2D eigenvalue weighted by atomic mass is 79.9. The van der Waals surface area contributed by atoms with Gasteiger partial charge in [-0.2, -0.15) is 0 Å². The Morgan fingerprint density at radius 1 is 1.39 bits per heavy atom. The van der Waals surface area contributed by atoms with Crippen LogP contribution in [0, 0.1) is 0 Å². The molecule has 0 spiro atoms. The van der Waals surface area contributed by atoms with Crippen LogP contribution in [0.3, 0.4) is 0 Å². The monoisotopic (exact) mass is 312 g/mol. The number of aliphatic hydroxyl groups is 1. The van der Waals surface area contributed by atoms with Gasteiger partial charge in [-0.1, -0.05) is 19.3 Å². The Hall–Kier alpha value is -0.940. The van der Waals surface area contributed by atoms with Crippen molar-refractivity contribution in [3.63, 3.8) is 0 Å². The lowest BCUT2D eigenvalue weighted by Crippen LogP contribution is -2.42. The normalized spacial score (nSPS) is 24.3. The number of carbonyl (C=O) groups is 1. The van der Waals surface area contributed by atoms with Crippen LogP contribution in [0.4, 0.5) is 0 Å². The minimum Gasteiger partial charge on any atom is -0.391 e. The Morgan fingerprint density at radius 3 is 2.94 bits per heavy atom. The van der Waals surface area contributed by atoms with E-state index in [1.54, 1.807) is 18.3 Å². The van der Waals surface area contributed by atoms with Gasteiger partial charge in [0.25, 0.3) is 5.91 Å². The summed E-state index contributed by atoms with van der Waals surface area (Å²) in [6.45, 7) is 0. The molecule has 2 atom stereocenters. The number of aliphatic hydroxyl groups excluding tert-OH is 1. The maximum Gasteiger partial charge on any atom is 0.251 e. The zero-order valence-corrected chi connectivity index (χ0v) is 11.7. The summed E-state index contributed by atoms with van der Waals surface area (Å²) in [5, 5.41) is 12.9. The molecule has 0 radical (unpaired) electrons. The smallest absolute Gasteiger partial charge is 0.251 e. The topological polar surface area (TPSA) is 62.2 Å². The number of carbonyl (C=O) groups excluding carboxylic acids is 1. The lowest BCUT2D eigenvalue weighted by molar-refractivity contribution is 0.0818. The van der Waals surface area contributed by atoms with Crippen LogP contribution in [0.1, 0.15) is 42.5 Å². The molecule has 1 aromatic rings. The summed E-state index contributed by atoms with van der Waals surface area (Å²) in [5.41, 5.74) is 0.563. The van der Waals surface area contributed by atoms with Crippen LogP contribution in [0.15, 0.2) is 22.9 Å². The Bertz CT molecular complexity index is 425. The molecule has 0 saturated heterocycles. The predicted octanol–water partition coefficient (Wildman–Crippen LogP) is 2.27.